The predicted molar refractivity (Wildman–Crippen MR) is 65.3 cm³/mol. The van der Waals surface area contributed by atoms with Crippen molar-refractivity contribution < 1.29 is 4.21 Å². The van der Waals surface area contributed by atoms with Crippen LogP contribution >= 0.6 is 0 Å². The van der Waals surface area contributed by atoms with E-state index in [1.807, 2.05) is 6.07 Å². The Kier molecular flexibility index (Phi) is 2.57. The summed E-state index contributed by atoms with van der Waals surface area (Å²) in [6, 6.07) is 2.03. The molecule has 3 nitrogen and oxygen atoms in total. The van der Waals surface area contributed by atoms with Crippen molar-refractivity contribution in [3.63, 3.8) is 0 Å². The quantitative estimate of drug-likeness (QED) is 0.755. The molecule has 0 aliphatic carbocycles. The zero-order valence-electron chi connectivity index (χ0n) is 10.0. The second-order valence-electron chi connectivity index (χ2n) is 5.41. The third-order valence-electron chi connectivity index (χ3n) is 2.95. The number of aromatic nitrogens is 1. The number of hydrogen-bond acceptors (Lipinski definition) is 3. The van der Waals surface area contributed by atoms with Gasteiger partial charge in [0.25, 0.3) is 0 Å². The molecule has 16 heavy (non-hydrogen) atoms. The van der Waals surface area contributed by atoms with Crippen LogP contribution in [0, 0.1) is 4.78 Å². The summed E-state index contributed by atoms with van der Waals surface area (Å²) in [7, 11) is -2.57. The molecular formula is C12H18N2OS. The molecule has 0 spiro atoms. The minimum atomic E-state index is -2.57. The van der Waals surface area contributed by atoms with Gasteiger partial charge in [-0.2, -0.15) is 0 Å². The molecule has 1 aliphatic rings. The van der Waals surface area contributed by atoms with E-state index >= 15 is 0 Å². The Morgan fingerprint density at radius 3 is 2.75 bits per heavy atom. The molecule has 0 saturated heterocycles. The maximum absolute atomic E-state index is 12.0. The fourth-order valence-corrected chi connectivity index (χ4v) is 3.54. The molecule has 2 rings (SSSR count). The van der Waals surface area contributed by atoms with Gasteiger partial charge in [-0.1, -0.05) is 20.8 Å². The average Bonchev–Trinajstić information content (AvgIpc) is 2.15. The first-order chi connectivity index (χ1) is 7.31. The highest BCUT2D eigenvalue weighted by Crippen LogP contribution is 2.28. The number of aryl methyl sites for hydroxylation is 1. The van der Waals surface area contributed by atoms with E-state index in [0.29, 0.717) is 10.6 Å². The van der Waals surface area contributed by atoms with E-state index in [1.165, 1.54) is 0 Å². The predicted octanol–water partition coefficient (Wildman–Crippen LogP) is 2.73. The van der Waals surface area contributed by atoms with Gasteiger partial charge in [0.05, 0.1) is 14.6 Å². The Morgan fingerprint density at radius 1 is 1.44 bits per heavy atom. The molecule has 1 N–H and O–H groups in total. The molecule has 1 aliphatic heterocycles. The van der Waals surface area contributed by atoms with Crippen LogP contribution < -0.4 is 0 Å². The van der Waals surface area contributed by atoms with Gasteiger partial charge in [0.15, 0.2) is 0 Å². The molecule has 0 amide bonds. The molecule has 0 fully saturated rings. The van der Waals surface area contributed by atoms with E-state index in [2.05, 4.69) is 25.8 Å². The van der Waals surface area contributed by atoms with Crippen LogP contribution in [0.1, 0.15) is 38.4 Å². The Balaban J connectivity index is 2.57. The van der Waals surface area contributed by atoms with Gasteiger partial charge in [-0.3, -0.25) is 4.98 Å². The zero-order chi connectivity index (χ0) is 12.0. The summed E-state index contributed by atoms with van der Waals surface area (Å²) in [6.45, 7) is 6.34. The number of rotatable bonds is 0. The summed E-state index contributed by atoms with van der Waals surface area (Å²) in [6.07, 6.45) is 3.43. The van der Waals surface area contributed by atoms with E-state index in [0.717, 1.165) is 24.1 Å². The molecule has 0 aromatic carbocycles. The second kappa shape index (κ2) is 3.55. The Morgan fingerprint density at radius 2 is 2.12 bits per heavy atom. The lowest BCUT2D eigenvalue weighted by atomic mass is 9.90. The van der Waals surface area contributed by atoms with Gasteiger partial charge >= 0.3 is 0 Å². The van der Waals surface area contributed by atoms with Crippen molar-refractivity contribution in [3.8, 4) is 0 Å². The lowest BCUT2D eigenvalue weighted by Gasteiger charge is -2.23. The van der Waals surface area contributed by atoms with Crippen molar-refractivity contribution >= 4 is 9.73 Å². The summed E-state index contributed by atoms with van der Waals surface area (Å²) in [5.41, 5.74) is 2.09. The molecule has 4 heteroatoms. The van der Waals surface area contributed by atoms with E-state index in [4.69, 9.17) is 4.78 Å². The molecule has 1 unspecified atom stereocenters. The highest BCUT2D eigenvalue weighted by atomic mass is 32.2. The SMILES string of the molecule is CC(C)(C)c1cc2c(cn1)S(=N)(=O)CCC2. The minimum absolute atomic E-state index is 0.00931. The number of nitrogens with one attached hydrogen (secondary N) is 1. The van der Waals surface area contributed by atoms with Crippen molar-refractivity contribution in [1.29, 1.82) is 4.78 Å². The molecule has 2 heterocycles. The lowest BCUT2D eigenvalue weighted by Crippen LogP contribution is -2.19. The van der Waals surface area contributed by atoms with Gasteiger partial charge in [0, 0.05) is 23.1 Å². The van der Waals surface area contributed by atoms with Gasteiger partial charge < -0.3 is 0 Å². The Hall–Kier alpha value is -0.900. The smallest absolute Gasteiger partial charge is 0.0744 e. The standard InChI is InChI=1S/C12H18N2OS/c1-12(2,3)11-7-9-5-4-6-16(13,15)10(9)8-14-11/h7-8,13H,4-6H2,1-3H3. The monoisotopic (exact) mass is 238 g/mol. The Bertz CT molecular complexity index is 512. The number of nitrogens with zero attached hydrogens (tertiary/aromatic N) is 1. The van der Waals surface area contributed by atoms with E-state index in [-0.39, 0.29) is 5.41 Å². The summed E-state index contributed by atoms with van der Waals surface area (Å²) in [5.74, 6) is 0.483. The number of hydrogen-bond donors (Lipinski definition) is 1. The van der Waals surface area contributed by atoms with Crippen LogP contribution in [-0.4, -0.2) is 14.9 Å². The third kappa shape index (κ3) is 1.98. The third-order valence-corrected chi connectivity index (χ3v) is 4.89. The number of pyridine rings is 1. The van der Waals surface area contributed by atoms with Crippen LogP contribution in [0.4, 0.5) is 0 Å². The first-order valence-electron chi connectivity index (χ1n) is 5.56. The minimum Gasteiger partial charge on any atom is -0.259 e. The fourth-order valence-electron chi connectivity index (χ4n) is 1.96. The lowest BCUT2D eigenvalue weighted by molar-refractivity contribution is 0.564. The summed E-state index contributed by atoms with van der Waals surface area (Å²) < 4.78 is 19.8. The van der Waals surface area contributed by atoms with Crippen LogP contribution in [0.5, 0.6) is 0 Å². The van der Waals surface area contributed by atoms with Crippen LogP contribution in [0.25, 0.3) is 0 Å². The van der Waals surface area contributed by atoms with E-state index < -0.39 is 9.73 Å². The Labute approximate surface area is 97.3 Å². The molecule has 1 atom stereocenters. The number of fused-ring (bicyclic) bond motifs is 1. The average molecular weight is 238 g/mol. The first kappa shape index (κ1) is 11.6. The van der Waals surface area contributed by atoms with Crippen molar-refractivity contribution in [1.82, 2.24) is 4.98 Å². The normalized spacial score (nSPS) is 25.2. The van der Waals surface area contributed by atoms with Crippen molar-refractivity contribution in [3.05, 3.63) is 23.5 Å². The van der Waals surface area contributed by atoms with Gasteiger partial charge in [-0.05, 0) is 24.5 Å². The highest BCUT2D eigenvalue weighted by molar-refractivity contribution is 7.92. The molecule has 1 aromatic rings. The largest absolute Gasteiger partial charge is 0.259 e. The summed E-state index contributed by atoms with van der Waals surface area (Å²) in [4.78, 5) is 5.02. The van der Waals surface area contributed by atoms with Crippen molar-refractivity contribution in [2.75, 3.05) is 5.75 Å². The maximum atomic E-state index is 12.0. The van der Waals surface area contributed by atoms with Crippen LogP contribution in [0.15, 0.2) is 17.2 Å². The second-order valence-corrected chi connectivity index (χ2v) is 7.61. The van der Waals surface area contributed by atoms with Gasteiger partial charge in [-0.25, -0.2) is 8.99 Å². The van der Waals surface area contributed by atoms with Crippen LogP contribution in [-0.2, 0) is 21.6 Å². The van der Waals surface area contributed by atoms with Gasteiger partial charge in [-0.15, -0.1) is 0 Å². The van der Waals surface area contributed by atoms with Crippen molar-refractivity contribution in [2.45, 2.75) is 43.9 Å². The molecule has 88 valence electrons. The van der Waals surface area contributed by atoms with Gasteiger partial charge in [0.1, 0.15) is 0 Å². The molecule has 0 saturated carbocycles. The zero-order valence-corrected chi connectivity index (χ0v) is 10.9. The maximum Gasteiger partial charge on any atom is 0.0744 e. The van der Waals surface area contributed by atoms with Crippen molar-refractivity contribution in [2.24, 2.45) is 0 Å². The summed E-state index contributed by atoms with van der Waals surface area (Å²) >= 11 is 0. The van der Waals surface area contributed by atoms with Crippen LogP contribution in [0.3, 0.4) is 0 Å². The molecule has 0 radical (unpaired) electrons. The fraction of sp³-hybridized carbons (Fsp3) is 0.583. The van der Waals surface area contributed by atoms with Crippen LogP contribution in [0.2, 0.25) is 0 Å². The molecule has 0 bridgehead atoms. The summed E-state index contributed by atoms with van der Waals surface area (Å²) in [5, 5.41) is 0. The van der Waals surface area contributed by atoms with Gasteiger partial charge in [0.2, 0.25) is 0 Å². The highest BCUT2D eigenvalue weighted by Gasteiger charge is 2.23. The van der Waals surface area contributed by atoms with E-state index in [1.54, 1.807) is 6.20 Å². The topological polar surface area (TPSA) is 53.8 Å². The molecular weight excluding hydrogens is 220 g/mol. The first-order valence-corrected chi connectivity index (χ1v) is 7.29. The molecule has 1 aromatic heterocycles. The van der Waals surface area contributed by atoms with E-state index in [9.17, 15) is 4.21 Å².